The predicted octanol–water partition coefficient (Wildman–Crippen LogP) is 4.31. The van der Waals surface area contributed by atoms with Gasteiger partial charge in [-0.2, -0.15) is 0 Å². The van der Waals surface area contributed by atoms with Crippen molar-refractivity contribution in [2.75, 3.05) is 5.73 Å². The molecule has 0 radical (unpaired) electrons. The lowest BCUT2D eigenvalue weighted by Gasteiger charge is -2.06. The van der Waals surface area contributed by atoms with Crippen molar-refractivity contribution < 1.29 is 4.79 Å². The normalized spacial score (nSPS) is 10.7. The van der Waals surface area contributed by atoms with Crippen LogP contribution < -0.4 is 5.73 Å². The van der Waals surface area contributed by atoms with E-state index in [1.165, 1.54) is 0 Å². The second-order valence-electron chi connectivity index (χ2n) is 4.63. The van der Waals surface area contributed by atoms with E-state index < -0.39 is 0 Å². The molecular weight excluding hydrogens is 270 g/mol. The Labute approximate surface area is 121 Å². The third kappa shape index (κ3) is 2.26. The highest BCUT2D eigenvalue weighted by atomic mass is 35.5. The van der Waals surface area contributed by atoms with Gasteiger partial charge < -0.3 is 5.73 Å². The topological polar surface area (TPSA) is 43.1 Å². The summed E-state index contributed by atoms with van der Waals surface area (Å²) in [4.78, 5) is 12.5. The van der Waals surface area contributed by atoms with Crippen LogP contribution in [0.3, 0.4) is 0 Å². The lowest BCUT2D eigenvalue weighted by atomic mass is 10.00. The molecular formula is C17H12ClNO. The number of ketones is 1. The lowest BCUT2D eigenvalue weighted by Crippen LogP contribution is -2.02. The SMILES string of the molecule is Nc1ccc(C(=O)c2ccc3ccccc3c2)c(Cl)c1. The van der Waals surface area contributed by atoms with Gasteiger partial charge in [0, 0.05) is 16.8 Å². The lowest BCUT2D eigenvalue weighted by molar-refractivity contribution is 0.103. The molecule has 0 amide bonds. The summed E-state index contributed by atoms with van der Waals surface area (Å²) in [5, 5.41) is 2.51. The minimum absolute atomic E-state index is 0.0965. The highest BCUT2D eigenvalue weighted by Crippen LogP contribution is 2.24. The standard InChI is InChI=1S/C17H12ClNO/c18-16-10-14(19)7-8-15(16)17(20)13-6-5-11-3-1-2-4-12(11)9-13/h1-10H,19H2. The molecule has 2 N–H and O–H groups in total. The second kappa shape index (κ2) is 4.99. The van der Waals surface area contributed by atoms with Crippen molar-refractivity contribution in [3.05, 3.63) is 76.8 Å². The van der Waals surface area contributed by atoms with Crippen LogP contribution in [0.25, 0.3) is 10.8 Å². The third-order valence-electron chi connectivity index (χ3n) is 3.25. The Balaban J connectivity index is 2.08. The number of halogens is 1. The Morgan fingerprint density at radius 1 is 0.900 bits per heavy atom. The number of nitrogen functional groups attached to an aromatic ring is 1. The Morgan fingerprint density at radius 3 is 2.40 bits per heavy atom. The van der Waals surface area contributed by atoms with Crippen LogP contribution >= 0.6 is 11.6 Å². The highest BCUT2D eigenvalue weighted by Gasteiger charge is 2.13. The molecule has 2 nitrogen and oxygen atoms in total. The van der Waals surface area contributed by atoms with E-state index in [-0.39, 0.29) is 5.78 Å². The van der Waals surface area contributed by atoms with E-state index in [4.69, 9.17) is 17.3 Å². The average Bonchev–Trinajstić information content (AvgIpc) is 2.46. The first-order valence-electron chi connectivity index (χ1n) is 6.24. The van der Waals surface area contributed by atoms with Crippen LogP contribution in [-0.4, -0.2) is 5.78 Å². The number of hydrogen-bond acceptors (Lipinski definition) is 2. The monoisotopic (exact) mass is 281 g/mol. The number of carbonyl (C=O) groups is 1. The molecule has 0 atom stereocenters. The molecule has 0 bridgehead atoms. The quantitative estimate of drug-likeness (QED) is 0.562. The number of fused-ring (bicyclic) bond motifs is 1. The summed E-state index contributed by atoms with van der Waals surface area (Å²) < 4.78 is 0. The van der Waals surface area contributed by atoms with Gasteiger partial charge in [-0.15, -0.1) is 0 Å². The summed E-state index contributed by atoms with van der Waals surface area (Å²) in [5.41, 5.74) is 7.28. The average molecular weight is 282 g/mol. The second-order valence-corrected chi connectivity index (χ2v) is 5.04. The van der Waals surface area contributed by atoms with Gasteiger partial charge in [0.25, 0.3) is 0 Å². The molecule has 3 aromatic rings. The van der Waals surface area contributed by atoms with E-state index in [9.17, 15) is 4.79 Å². The molecule has 3 rings (SSSR count). The van der Waals surface area contributed by atoms with Crippen LogP contribution in [-0.2, 0) is 0 Å². The maximum Gasteiger partial charge on any atom is 0.194 e. The zero-order valence-electron chi connectivity index (χ0n) is 10.6. The molecule has 0 saturated carbocycles. The van der Waals surface area contributed by atoms with Crippen molar-refractivity contribution in [2.24, 2.45) is 0 Å². The summed E-state index contributed by atoms with van der Waals surface area (Å²) in [6, 6.07) is 18.5. The van der Waals surface area contributed by atoms with Gasteiger partial charge in [-0.3, -0.25) is 4.79 Å². The molecule has 3 aromatic carbocycles. The van der Waals surface area contributed by atoms with Gasteiger partial charge in [0.15, 0.2) is 5.78 Å². The Kier molecular flexibility index (Phi) is 3.17. The summed E-state index contributed by atoms with van der Waals surface area (Å²) in [6.07, 6.45) is 0. The van der Waals surface area contributed by atoms with E-state index in [0.29, 0.717) is 21.8 Å². The number of carbonyl (C=O) groups excluding carboxylic acids is 1. The van der Waals surface area contributed by atoms with Crippen LogP contribution in [0, 0.1) is 0 Å². The molecule has 0 aliphatic rings. The first-order chi connectivity index (χ1) is 9.65. The summed E-state index contributed by atoms with van der Waals surface area (Å²) in [6.45, 7) is 0. The van der Waals surface area contributed by atoms with E-state index in [2.05, 4.69) is 0 Å². The molecule has 3 heteroatoms. The van der Waals surface area contributed by atoms with Gasteiger partial charge in [-0.25, -0.2) is 0 Å². The number of anilines is 1. The largest absolute Gasteiger partial charge is 0.399 e. The van der Waals surface area contributed by atoms with Crippen LogP contribution in [0.4, 0.5) is 5.69 Å². The van der Waals surface area contributed by atoms with Gasteiger partial charge in [-0.05, 0) is 35.0 Å². The molecule has 0 heterocycles. The summed E-state index contributed by atoms with van der Waals surface area (Å²) in [5.74, 6) is -0.0965. The van der Waals surface area contributed by atoms with Crippen LogP contribution in [0.15, 0.2) is 60.7 Å². The van der Waals surface area contributed by atoms with Gasteiger partial charge in [-0.1, -0.05) is 48.0 Å². The Hall–Kier alpha value is -2.32. The fraction of sp³-hybridized carbons (Fsp3) is 0. The number of hydrogen-bond donors (Lipinski definition) is 1. The molecule has 0 fully saturated rings. The highest BCUT2D eigenvalue weighted by molar-refractivity contribution is 6.35. The zero-order chi connectivity index (χ0) is 14.1. The van der Waals surface area contributed by atoms with E-state index in [0.717, 1.165) is 10.8 Å². The summed E-state index contributed by atoms with van der Waals surface area (Å²) in [7, 11) is 0. The first-order valence-corrected chi connectivity index (χ1v) is 6.61. The molecule has 0 aliphatic heterocycles. The van der Waals surface area contributed by atoms with Crippen LogP contribution in [0.1, 0.15) is 15.9 Å². The van der Waals surface area contributed by atoms with Crippen molar-refractivity contribution in [2.45, 2.75) is 0 Å². The van der Waals surface area contributed by atoms with Crippen LogP contribution in [0.2, 0.25) is 5.02 Å². The molecule has 0 saturated heterocycles. The Morgan fingerprint density at radius 2 is 1.65 bits per heavy atom. The van der Waals surface area contributed by atoms with Crippen molar-refractivity contribution in [3.8, 4) is 0 Å². The minimum atomic E-state index is -0.0965. The smallest absolute Gasteiger partial charge is 0.194 e. The van der Waals surface area contributed by atoms with Gasteiger partial charge in [0.05, 0.1) is 5.02 Å². The van der Waals surface area contributed by atoms with Crippen molar-refractivity contribution >= 4 is 33.8 Å². The van der Waals surface area contributed by atoms with Gasteiger partial charge in [0.1, 0.15) is 0 Å². The molecule has 0 aliphatic carbocycles. The molecule has 98 valence electrons. The maximum atomic E-state index is 12.5. The van der Waals surface area contributed by atoms with Crippen molar-refractivity contribution in [1.82, 2.24) is 0 Å². The van der Waals surface area contributed by atoms with Gasteiger partial charge >= 0.3 is 0 Å². The number of rotatable bonds is 2. The first kappa shape index (κ1) is 12.7. The zero-order valence-corrected chi connectivity index (χ0v) is 11.4. The van der Waals surface area contributed by atoms with E-state index in [1.54, 1.807) is 18.2 Å². The minimum Gasteiger partial charge on any atom is -0.399 e. The van der Waals surface area contributed by atoms with Crippen molar-refractivity contribution in [3.63, 3.8) is 0 Å². The van der Waals surface area contributed by atoms with Crippen molar-refractivity contribution in [1.29, 1.82) is 0 Å². The molecule has 20 heavy (non-hydrogen) atoms. The maximum absolute atomic E-state index is 12.5. The molecule has 0 aromatic heterocycles. The summed E-state index contributed by atoms with van der Waals surface area (Å²) >= 11 is 6.09. The fourth-order valence-corrected chi connectivity index (χ4v) is 2.48. The van der Waals surface area contributed by atoms with E-state index >= 15 is 0 Å². The third-order valence-corrected chi connectivity index (χ3v) is 3.56. The number of benzene rings is 3. The number of nitrogens with two attached hydrogens (primary N) is 1. The molecule has 0 spiro atoms. The van der Waals surface area contributed by atoms with Gasteiger partial charge in [0.2, 0.25) is 0 Å². The van der Waals surface area contributed by atoms with Crippen LogP contribution in [0.5, 0.6) is 0 Å². The Bertz CT molecular complexity index is 811. The molecule has 0 unspecified atom stereocenters. The fourth-order valence-electron chi connectivity index (χ4n) is 2.20. The van der Waals surface area contributed by atoms with E-state index in [1.807, 2.05) is 42.5 Å². The predicted molar refractivity (Wildman–Crippen MR) is 83.2 cm³/mol.